The molecule has 0 aliphatic carbocycles. The van der Waals surface area contributed by atoms with Gasteiger partial charge in [0.2, 0.25) is 5.91 Å². The number of carboxylic acids is 1. The van der Waals surface area contributed by atoms with Crippen molar-refractivity contribution in [3.05, 3.63) is 29.8 Å². The molecule has 1 heterocycles. The summed E-state index contributed by atoms with van der Waals surface area (Å²) < 4.78 is 5.08. The van der Waals surface area contributed by atoms with Crippen molar-refractivity contribution < 1.29 is 19.4 Å². The summed E-state index contributed by atoms with van der Waals surface area (Å²) in [4.78, 5) is 22.3. The molecule has 1 aromatic rings. The zero-order valence-corrected chi connectivity index (χ0v) is 11.4. The number of carbonyl (C=O) groups excluding carboxylic acids is 1. The van der Waals surface area contributed by atoms with Crippen molar-refractivity contribution in [3.63, 3.8) is 0 Å². The molecule has 1 amide bonds. The first kappa shape index (κ1) is 14.0. The number of carbonyl (C=O) groups is 2. The van der Waals surface area contributed by atoms with E-state index in [1.165, 1.54) is 11.9 Å². The Morgan fingerprint density at radius 2 is 2.05 bits per heavy atom. The van der Waals surface area contributed by atoms with Crippen LogP contribution in [0.1, 0.15) is 18.9 Å². The van der Waals surface area contributed by atoms with Crippen molar-refractivity contribution in [2.45, 2.75) is 13.3 Å². The molecule has 1 atom stereocenters. The minimum atomic E-state index is -0.901. The van der Waals surface area contributed by atoms with Crippen LogP contribution in [-0.4, -0.2) is 41.4 Å². The van der Waals surface area contributed by atoms with Gasteiger partial charge in [-0.25, -0.2) is 5.01 Å². The third-order valence-corrected chi connectivity index (χ3v) is 3.18. The summed E-state index contributed by atoms with van der Waals surface area (Å²) in [6.07, 6.45) is -0.0470. The SMILES string of the molecule is COc1ccc(C2=NN(C(C)=O)CC2CC(=O)O)cc1. The smallest absolute Gasteiger partial charge is 0.304 e. The Hall–Kier alpha value is -2.37. The predicted octanol–water partition coefficient (Wildman–Crippen LogP) is 1.35. The van der Waals surface area contributed by atoms with Gasteiger partial charge >= 0.3 is 5.97 Å². The summed E-state index contributed by atoms with van der Waals surface area (Å²) in [5, 5.41) is 14.5. The van der Waals surface area contributed by atoms with Crippen molar-refractivity contribution in [3.8, 4) is 5.75 Å². The highest BCUT2D eigenvalue weighted by molar-refractivity contribution is 6.05. The predicted molar refractivity (Wildman–Crippen MR) is 72.7 cm³/mol. The minimum absolute atomic E-state index is 0.0470. The Morgan fingerprint density at radius 1 is 1.40 bits per heavy atom. The molecule has 1 unspecified atom stereocenters. The fourth-order valence-corrected chi connectivity index (χ4v) is 2.17. The van der Waals surface area contributed by atoms with Crippen LogP contribution in [0.25, 0.3) is 0 Å². The standard InChI is InChI=1S/C14H16N2O4/c1-9(17)16-8-11(7-13(18)19)14(15-16)10-3-5-12(20-2)6-4-10/h3-6,11H,7-8H2,1-2H3,(H,18,19). The van der Waals surface area contributed by atoms with Gasteiger partial charge in [0.05, 0.1) is 25.8 Å². The monoisotopic (exact) mass is 276 g/mol. The molecule has 0 bridgehead atoms. The molecule has 6 heteroatoms. The van der Waals surface area contributed by atoms with E-state index in [-0.39, 0.29) is 18.2 Å². The first-order valence-electron chi connectivity index (χ1n) is 6.24. The van der Waals surface area contributed by atoms with Crippen LogP contribution in [0.4, 0.5) is 0 Å². The molecule has 1 N–H and O–H groups in total. The number of ether oxygens (including phenoxy) is 1. The number of hydrazone groups is 1. The number of nitrogens with zero attached hydrogens (tertiary/aromatic N) is 2. The molecule has 2 rings (SSSR count). The van der Waals surface area contributed by atoms with Gasteiger partial charge in [-0.1, -0.05) is 0 Å². The Labute approximate surface area is 116 Å². The molecule has 0 aromatic heterocycles. The van der Waals surface area contributed by atoms with E-state index >= 15 is 0 Å². The summed E-state index contributed by atoms with van der Waals surface area (Å²) in [6.45, 7) is 1.72. The van der Waals surface area contributed by atoms with Crippen LogP contribution < -0.4 is 4.74 Å². The number of methoxy groups -OCH3 is 1. The maximum Gasteiger partial charge on any atom is 0.304 e. The molecule has 0 saturated heterocycles. The fraction of sp³-hybridized carbons (Fsp3) is 0.357. The van der Waals surface area contributed by atoms with E-state index in [2.05, 4.69) is 5.10 Å². The second-order valence-corrected chi connectivity index (χ2v) is 4.61. The van der Waals surface area contributed by atoms with E-state index in [0.717, 1.165) is 5.56 Å². The largest absolute Gasteiger partial charge is 0.497 e. The first-order chi connectivity index (χ1) is 9.51. The first-order valence-corrected chi connectivity index (χ1v) is 6.24. The second kappa shape index (κ2) is 5.73. The molecular formula is C14H16N2O4. The lowest BCUT2D eigenvalue weighted by atomic mass is 9.94. The van der Waals surface area contributed by atoms with Crippen LogP contribution >= 0.6 is 0 Å². The van der Waals surface area contributed by atoms with Gasteiger partial charge in [0, 0.05) is 12.8 Å². The summed E-state index contributed by atoms with van der Waals surface area (Å²) >= 11 is 0. The van der Waals surface area contributed by atoms with Gasteiger partial charge in [0.1, 0.15) is 5.75 Å². The van der Waals surface area contributed by atoms with Gasteiger partial charge in [-0.3, -0.25) is 9.59 Å². The van der Waals surface area contributed by atoms with Gasteiger partial charge in [0.15, 0.2) is 0 Å². The third-order valence-electron chi connectivity index (χ3n) is 3.18. The molecule has 106 valence electrons. The molecule has 0 saturated carbocycles. The highest BCUT2D eigenvalue weighted by atomic mass is 16.5. The Morgan fingerprint density at radius 3 is 2.55 bits per heavy atom. The van der Waals surface area contributed by atoms with Crippen molar-refractivity contribution >= 4 is 17.6 Å². The maximum absolute atomic E-state index is 11.4. The highest BCUT2D eigenvalue weighted by Crippen LogP contribution is 2.24. The number of carboxylic acid groups (broad SMARTS) is 1. The summed E-state index contributed by atoms with van der Waals surface area (Å²) in [7, 11) is 1.58. The van der Waals surface area contributed by atoms with Gasteiger partial charge < -0.3 is 9.84 Å². The highest BCUT2D eigenvalue weighted by Gasteiger charge is 2.31. The topological polar surface area (TPSA) is 79.2 Å². The zero-order valence-electron chi connectivity index (χ0n) is 11.4. The van der Waals surface area contributed by atoms with Gasteiger partial charge in [-0.05, 0) is 29.8 Å². The molecule has 0 radical (unpaired) electrons. The van der Waals surface area contributed by atoms with E-state index in [4.69, 9.17) is 9.84 Å². The average molecular weight is 276 g/mol. The number of hydrogen-bond acceptors (Lipinski definition) is 4. The number of hydrogen-bond donors (Lipinski definition) is 1. The molecule has 1 aromatic carbocycles. The molecule has 0 fully saturated rings. The van der Waals surface area contributed by atoms with Crippen molar-refractivity contribution in [2.24, 2.45) is 11.0 Å². The lowest BCUT2D eigenvalue weighted by Gasteiger charge is -2.11. The van der Waals surface area contributed by atoms with E-state index in [0.29, 0.717) is 18.0 Å². The molecule has 20 heavy (non-hydrogen) atoms. The quantitative estimate of drug-likeness (QED) is 0.900. The van der Waals surface area contributed by atoms with E-state index in [9.17, 15) is 9.59 Å². The average Bonchev–Trinajstić information content (AvgIpc) is 2.82. The summed E-state index contributed by atoms with van der Waals surface area (Å²) in [5.41, 5.74) is 1.44. The van der Waals surface area contributed by atoms with Crippen molar-refractivity contribution in [1.29, 1.82) is 0 Å². The fourth-order valence-electron chi connectivity index (χ4n) is 2.17. The molecular weight excluding hydrogens is 260 g/mol. The van der Waals surface area contributed by atoms with Gasteiger partial charge in [-0.2, -0.15) is 5.10 Å². The number of aliphatic carboxylic acids is 1. The van der Waals surface area contributed by atoms with Crippen molar-refractivity contribution in [2.75, 3.05) is 13.7 Å². The molecule has 1 aliphatic rings. The van der Waals surface area contributed by atoms with Crippen LogP contribution in [0.3, 0.4) is 0 Å². The normalized spacial score (nSPS) is 17.8. The third kappa shape index (κ3) is 2.96. The van der Waals surface area contributed by atoms with Crippen molar-refractivity contribution in [1.82, 2.24) is 5.01 Å². The lowest BCUT2D eigenvalue weighted by molar-refractivity contribution is -0.138. The summed E-state index contributed by atoms with van der Waals surface area (Å²) in [6, 6.07) is 7.20. The molecule has 1 aliphatic heterocycles. The molecule has 6 nitrogen and oxygen atoms in total. The van der Waals surface area contributed by atoms with Crippen LogP contribution in [0.15, 0.2) is 29.4 Å². The Kier molecular flexibility index (Phi) is 4.02. The minimum Gasteiger partial charge on any atom is -0.497 e. The Balaban J connectivity index is 2.29. The van der Waals surface area contributed by atoms with Crippen LogP contribution in [0.2, 0.25) is 0 Å². The summed E-state index contributed by atoms with van der Waals surface area (Å²) in [5.74, 6) is -0.666. The van der Waals surface area contributed by atoms with E-state index in [1.807, 2.05) is 12.1 Å². The number of amides is 1. The van der Waals surface area contributed by atoms with Crippen LogP contribution in [0, 0.1) is 5.92 Å². The zero-order chi connectivity index (χ0) is 14.7. The van der Waals surface area contributed by atoms with Crippen LogP contribution in [-0.2, 0) is 9.59 Å². The van der Waals surface area contributed by atoms with Gasteiger partial charge in [-0.15, -0.1) is 0 Å². The van der Waals surface area contributed by atoms with Gasteiger partial charge in [0.25, 0.3) is 0 Å². The number of rotatable bonds is 4. The van der Waals surface area contributed by atoms with Crippen LogP contribution in [0.5, 0.6) is 5.75 Å². The second-order valence-electron chi connectivity index (χ2n) is 4.61. The van der Waals surface area contributed by atoms with E-state index < -0.39 is 5.97 Å². The maximum atomic E-state index is 11.4. The van der Waals surface area contributed by atoms with E-state index in [1.54, 1.807) is 19.2 Å². The molecule has 0 spiro atoms. The Bertz CT molecular complexity index is 551. The lowest BCUT2D eigenvalue weighted by Crippen LogP contribution is -2.25. The number of benzene rings is 1.